The zero-order valence-electron chi connectivity index (χ0n) is 11.5. The van der Waals surface area contributed by atoms with Crippen LogP contribution in [-0.4, -0.2) is 16.1 Å². The Labute approximate surface area is 124 Å². The van der Waals surface area contributed by atoms with Crippen molar-refractivity contribution < 1.29 is 17.9 Å². The van der Waals surface area contributed by atoms with E-state index in [1.165, 1.54) is 12.1 Å². The summed E-state index contributed by atoms with van der Waals surface area (Å²) in [7, 11) is 0. The lowest BCUT2D eigenvalue weighted by Crippen LogP contribution is -2.17. The van der Waals surface area contributed by atoms with Crippen LogP contribution in [0.1, 0.15) is 30.9 Å². The Morgan fingerprint density at radius 1 is 1.23 bits per heavy atom. The van der Waals surface area contributed by atoms with E-state index in [2.05, 4.69) is 9.84 Å². The van der Waals surface area contributed by atoms with Crippen molar-refractivity contribution in [2.24, 2.45) is 0 Å². The first-order valence-corrected chi connectivity index (χ1v) is 6.80. The molecule has 0 N–H and O–H groups in total. The van der Waals surface area contributed by atoms with Gasteiger partial charge >= 0.3 is 6.36 Å². The standard InChI is InChI=1S/C15H12F3N3O/c16-15(17,18)22-14-5-10(7-19)4-11(6-14)12-8-20-21(9-12)13-2-1-3-13/h4-6,8-9,13H,1-3H2. The largest absolute Gasteiger partial charge is 0.573 e. The van der Waals surface area contributed by atoms with Crippen LogP contribution in [0.5, 0.6) is 5.75 Å². The Kier molecular flexibility index (Phi) is 3.53. The molecule has 0 bridgehead atoms. The monoisotopic (exact) mass is 307 g/mol. The molecule has 0 amide bonds. The molecule has 1 fully saturated rings. The summed E-state index contributed by atoms with van der Waals surface area (Å²) in [5.74, 6) is -0.405. The van der Waals surface area contributed by atoms with E-state index in [9.17, 15) is 13.2 Å². The fourth-order valence-electron chi connectivity index (χ4n) is 2.36. The van der Waals surface area contributed by atoms with Crippen LogP contribution < -0.4 is 4.74 Å². The molecule has 1 aliphatic rings. The molecule has 0 saturated heterocycles. The molecule has 1 aromatic carbocycles. The van der Waals surface area contributed by atoms with Crippen LogP contribution in [0, 0.1) is 11.3 Å². The predicted molar refractivity (Wildman–Crippen MR) is 71.9 cm³/mol. The average Bonchev–Trinajstić information content (AvgIpc) is 2.83. The first kappa shape index (κ1) is 14.4. The van der Waals surface area contributed by atoms with E-state index in [4.69, 9.17) is 5.26 Å². The summed E-state index contributed by atoms with van der Waals surface area (Å²) in [6.45, 7) is 0. The number of rotatable bonds is 3. The van der Waals surface area contributed by atoms with Crippen LogP contribution in [0.2, 0.25) is 0 Å². The zero-order valence-corrected chi connectivity index (χ0v) is 11.5. The maximum atomic E-state index is 12.4. The number of nitrogens with zero attached hydrogens (tertiary/aromatic N) is 3. The molecule has 3 rings (SSSR count). The van der Waals surface area contributed by atoms with Crippen molar-refractivity contribution in [1.82, 2.24) is 9.78 Å². The third-order valence-corrected chi connectivity index (χ3v) is 3.65. The molecule has 7 heteroatoms. The molecule has 114 valence electrons. The summed E-state index contributed by atoms with van der Waals surface area (Å²) in [5.41, 5.74) is 1.24. The molecule has 0 aliphatic heterocycles. The van der Waals surface area contributed by atoms with E-state index in [0.29, 0.717) is 17.2 Å². The topological polar surface area (TPSA) is 50.8 Å². The maximum Gasteiger partial charge on any atom is 0.573 e. The number of alkyl halides is 3. The fourth-order valence-corrected chi connectivity index (χ4v) is 2.36. The normalized spacial score (nSPS) is 15.2. The van der Waals surface area contributed by atoms with Crippen molar-refractivity contribution in [2.45, 2.75) is 31.7 Å². The van der Waals surface area contributed by atoms with Crippen LogP contribution in [0.4, 0.5) is 13.2 Å². The van der Waals surface area contributed by atoms with E-state index < -0.39 is 12.1 Å². The minimum atomic E-state index is -4.79. The molecule has 1 aromatic heterocycles. The second-order valence-corrected chi connectivity index (χ2v) is 5.20. The van der Waals surface area contributed by atoms with Gasteiger partial charge < -0.3 is 4.74 Å². The molecule has 0 atom stereocenters. The van der Waals surface area contributed by atoms with E-state index >= 15 is 0 Å². The van der Waals surface area contributed by atoms with E-state index in [-0.39, 0.29) is 5.56 Å². The van der Waals surface area contributed by atoms with Gasteiger partial charge in [0.05, 0.1) is 23.9 Å². The Balaban J connectivity index is 1.93. The van der Waals surface area contributed by atoms with Gasteiger partial charge in [0.2, 0.25) is 0 Å². The molecular weight excluding hydrogens is 295 g/mol. The lowest BCUT2D eigenvalue weighted by atomic mass is 9.93. The van der Waals surface area contributed by atoms with Crippen LogP contribution in [0.3, 0.4) is 0 Å². The SMILES string of the molecule is N#Cc1cc(OC(F)(F)F)cc(-c2cnn(C3CCC3)c2)c1. The summed E-state index contributed by atoms with van der Waals surface area (Å²) in [6.07, 6.45) is 1.86. The number of benzene rings is 1. The highest BCUT2D eigenvalue weighted by molar-refractivity contribution is 5.66. The lowest BCUT2D eigenvalue weighted by Gasteiger charge is -2.25. The number of hydrogen-bond donors (Lipinski definition) is 0. The van der Waals surface area contributed by atoms with E-state index in [1.54, 1.807) is 12.4 Å². The highest BCUT2D eigenvalue weighted by atomic mass is 19.4. The summed E-state index contributed by atoms with van der Waals surface area (Å²) in [6, 6.07) is 6.04. The first-order valence-electron chi connectivity index (χ1n) is 6.80. The maximum absolute atomic E-state index is 12.4. The molecule has 1 heterocycles. The number of ether oxygens (including phenoxy) is 1. The lowest BCUT2D eigenvalue weighted by molar-refractivity contribution is -0.274. The third kappa shape index (κ3) is 3.06. The fraction of sp³-hybridized carbons (Fsp3) is 0.333. The third-order valence-electron chi connectivity index (χ3n) is 3.65. The van der Waals surface area contributed by atoms with Crippen LogP contribution in [0.15, 0.2) is 30.6 Å². The molecular formula is C15H12F3N3O. The minimum Gasteiger partial charge on any atom is -0.406 e. The highest BCUT2D eigenvalue weighted by Gasteiger charge is 2.31. The van der Waals surface area contributed by atoms with Gasteiger partial charge in [-0.25, -0.2) is 0 Å². The van der Waals surface area contributed by atoms with Crippen LogP contribution in [-0.2, 0) is 0 Å². The van der Waals surface area contributed by atoms with Gasteiger partial charge in [0, 0.05) is 11.8 Å². The van der Waals surface area contributed by atoms with Gasteiger partial charge in [0.1, 0.15) is 5.75 Å². The van der Waals surface area contributed by atoms with Crippen molar-refractivity contribution >= 4 is 0 Å². The van der Waals surface area contributed by atoms with Gasteiger partial charge in [-0.15, -0.1) is 13.2 Å². The van der Waals surface area contributed by atoms with Crippen LogP contribution in [0.25, 0.3) is 11.1 Å². The Hall–Kier alpha value is -2.49. The number of hydrogen-bond acceptors (Lipinski definition) is 3. The number of aromatic nitrogens is 2. The van der Waals surface area contributed by atoms with Gasteiger partial charge in [-0.3, -0.25) is 4.68 Å². The second-order valence-electron chi connectivity index (χ2n) is 5.20. The van der Waals surface area contributed by atoms with Crippen molar-refractivity contribution in [3.8, 4) is 22.9 Å². The molecule has 2 aromatic rings. The zero-order chi connectivity index (χ0) is 15.7. The van der Waals surface area contributed by atoms with Gasteiger partial charge in [-0.05, 0) is 43.0 Å². The quantitative estimate of drug-likeness (QED) is 0.859. The Bertz CT molecular complexity index is 726. The molecule has 0 spiro atoms. The van der Waals surface area contributed by atoms with Gasteiger partial charge in [0.25, 0.3) is 0 Å². The summed E-state index contributed by atoms with van der Waals surface area (Å²) in [5, 5.41) is 13.2. The molecule has 22 heavy (non-hydrogen) atoms. The van der Waals surface area contributed by atoms with E-state index in [1.807, 2.05) is 10.8 Å². The summed E-state index contributed by atoms with van der Waals surface area (Å²) in [4.78, 5) is 0. The van der Waals surface area contributed by atoms with Crippen molar-refractivity contribution in [3.63, 3.8) is 0 Å². The second kappa shape index (κ2) is 5.37. The average molecular weight is 307 g/mol. The van der Waals surface area contributed by atoms with Crippen molar-refractivity contribution in [2.75, 3.05) is 0 Å². The summed E-state index contributed by atoms with van der Waals surface area (Å²) >= 11 is 0. The highest BCUT2D eigenvalue weighted by Crippen LogP contribution is 2.33. The predicted octanol–water partition coefficient (Wildman–Crippen LogP) is 4.05. The van der Waals surface area contributed by atoms with Gasteiger partial charge in [0.15, 0.2) is 0 Å². The Morgan fingerprint density at radius 3 is 2.59 bits per heavy atom. The van der Waals surface area contributed by atoms with Crippen molar-refractivity contribution in [3.05, 3.63) is 36.2 Å². The molecule has 4 nitrogen and oxygen atoms in total. The van der Waals surface area contributed by atoms with Crippen LogP contribution >= 0.6 is 0 Å². The smallest absolute Gasteiger partial charge is 0.406 e. The number of halogens is 3. The molecule has 0 radical (unpaired) electrons. The van der Waals surface area contributed by atoms with Gasteiger partial charge in [-0.2, -0.15) is 10.4 Å². The molecule has 1 saturated carbocycles. The number of nitriles is 1. The minimum absolute atomic E-state index is 0.105. The van der Waals surface area contributed by atoms with E-state index in [0.717, 1.165) is 25.3 Å². The molecule has 0 unspecified atom stereocenters. The summed E-state index contributed by atoms with van der Waals surface area (Å²) < 4.78 is 42.8. The first-order chi connectivity index (χ1) is 10.4. The van der Waals surface area contributed by atoms with Gasteiger partial charge in [-0.1, -0.05) is 0 Å². The Morgan fingerprint density at radius 2 is 2.00 bits per heavy atom. The molecule has 1 aliphatic carbocycles. The van der Waals surface area contributed by atoms with Crippen molar-refractivity contribution in [1.29, 1.82) is 5.26 Å².